The Hall–Kier alpha value is -0.730. The van der Waals surface area contributed by atoms with Crippen molar-refractivity contribution in [3.05, 3.63) is 28.3 Å². The number of nitrogens with one attached hydrogen (secondary N) is 1. The van der Waals surface area contributed by atoms with Crippen molar-refractivity contribution < 1.29 is 4.74 Å². The fraction of sp³-hybridized carbons (Fsp3) is 0.538. The molecule has 0 aromatic heterocycles. The quantitative estimate of drug-likeness (QED) is 0.856. The fourth-order valence-corrected chi connectivity index (χ4v) is 2.48. The van der Waals surface area contributed by atoms with E-state index < -0.39 is 0 Å². The third-order valence-corrected chi connectivity index (χ3v) is 3.70. The van der Waals surface area contributed by atoms with Crippen molar-refractivity contribution in [2.45, 2.75) is 25.7 Å². The first-order valence-corrected chi connectivity index (χ1v) is 6.15. The lowest BCUT2D eigenvalue weighted by Crippen LogP contribution is -2.28. The predicted octanol–water partition coefficient (Wildman–Crippen LogP) is 3.12. The monoisotopic (exact) mass is 239 g/mol. The predicted molar refractivity (Wildman–Crippen MR) is 67.6 cm³/mol. The average Bonchev–Trinajstić information content (AvgIpc) is 2.33. The van der Waals surface area contributed by atoms with Gasteiger partial charge in [-0.05, 0) is 49.9 Å². The molecule has 2 nitrogen and oxygen atoms in total. The van der Waals surface area contributed by atoms with Crippen molar-refractivity contribution in [2.75, 3.05) is 20.2 Å². The molecule has 2 rings (SSSR count). The van der Waals surface area contributed by atoms with Crippen LogP contribution in [0.3, 0.4) is 0 Å². The van der Waals surface area contributed by atoms with E-state index in [4.69, 9.17) is 16.3 Å². The molecule has 1 aromatic rings. The maximum atomic E-state index is 6.22. The van der Waals surface area contributed by atoms with Crippen LogP contribution < -0.4 is 10.1 Å². The third-order valence-electron chi connectivity index (χ3n) is 3.31. The van der Waals surface area contributed by atoms with E-state index in [0.29, 0.717) is 5.92 Å². The van der Waals surface area contributed by atoms with Gasteiger partial charge in [0.25, 0.3) is 0 Å². The number of benzene rings is 1. The topological polar surface area (TPSA) is 21.3 Å². The lowest BCUT2D eigenvalue weighted by atomic mass is 9.91. The largest absolute Gasteiger partial charge is 0.496 e. The summed E-state index contributed by atoms with van der Waals surface area (Å²) in [5, 5.41) is 4.23. The summed E-state index contributed by atoms with van der Waals surface area (Å²) in [4.78, 5) is 0. The van der Waals surface area contributed by atoms with Crippen molar-refractivity contribution in [3.63, 3.8) is 0 Å². The molecule has 1 fully saturated rings. The Morgan fingerprint density at radius 2 is 2.25 bits per heavy atom. The van der Waals surface area contributed by atoms with Gasteiger partial charge in [-0.1, -0.05) is 11.6 Å². The molecule has 0 aliphatic carbocycles. The molecule has 1 saturated heterocycles. The second-order valence-electron chi connectivity index (χ2n) is 4.37. The molecule has 1 aliphatic rings. The fourth-order valence-electron chi connectivity index (χ4n) is 2.26. The number of rotatable bonds is 2. The summed E-state index contributed by atoms with van der Waals surface area (Å²) >= 11 is 6.22. The van der Waals surface area contributed by atoms with Crippen molar-refractivity contribution in [2.24, 2.45) is 0 Å². The summed E-state index contributed by atoms with van der Waals surface area (Å²) in [6.45, 7) is 4.17. The van der Waals surface area contributed by atoms with Gasteiger partial charge >= 0.3 is 0 Å². The van der Waals surface area contributed by atoms with E-state index in [1.807, 2.05) is 6.92 Å². The van der Waals surface area contributed by atoms with E-state index in [-0.39, 0.29) is 0 Å². The Bertz CT molecular complexity index is 372. The van der Waals surface area contributed by atoms with Gasteiger partial charge in [-0.3, -0.25) is 0 Å². The molecular formula is C13H18ClNO. The normalized spacial score (nSPS) is 20.8. The lowest BCUT2D eigenvalue weighted by molar-refractivity contribution is 0.408. The van der Waals surface area contributed by atoms with Gasteiger partial charge in [0, 0.05) is 17.1 Å². The Labute approximate surface area is 102 Å². The van der Waals surface area contributed by atoms with Crippen molar-refractivity contribution >= 4 is 11.6 Å². The van der Waals surface area contributed by atoms with E-state index in [9.17, 15) is 0 Å². The number of ether oxygens (including phenoxy) is 1. The van der Waals surface area contributed by atoms with Gasteiger partial charge in [-0.2, -0.15) is 0 Å². The molecular weight excluding hydrogens is 222 g/mol. The van der Waals surface area contributed by atoms with E-state index >= 15 is 0 Å². The van der Waals surface area contributed by atoms with E-state index in [1.54, 1.807) is 7.11 Å². The smallest absolute Gasteiger partial charge is 0.123 e. The van der Waals surface area contributed by atoms with Crippen LogP contribution in [-0.2, 0) is 0 Å². The molecule has 1 aliphatic heterocycles. The van der Waals surface area contributed by atoms with Gasteiger partial charge in [-0.15, -0.1) is 0 Å². The summed E-state index contributed by atoms with van der Waals surface area (Å²) in [6.07, 6.45) is 2.47. The van der Waals surface area contributed by atoms with Gasteiger partial charge in [-0.25, -0.2) is 0 Å². The summed E-state index contributed by atoms with van der Waals surface area (Å²) in [7, 11) is 1.70. The lowest BCUT2D eigenvalue weighted by Gasteiger charge is -2.24. The second kappa shape index (κ2) is 5.07. The summed E-state index contributed by atoms with van der Waals surface area (Å²) in [5.74, 6) is 1.47. The van der Waals surface area contributed by atoms with Gasteiger partial charge in [0.1, 0.15) is 5.75 Å². The van der Waals surface area contributed by atoms with Crippen LogP contribution in [0.1, 0.15) is 29.9 Å². The maximum absolute atomic E-state index is 6.22. The molecule has 1 atom stereocenters. The minimum absolute atomic E-state index is 0.570. The third kappa shape index (κ3) is 2.33. The van der Waals surface area contributed by atoms with Crippen LogP contribution in [-0.4, -0.2) is 20.2 Å². The molecule has 1 heterocycles. The molecule has 16 heavy (non-hydrogen) atoms. The number of hydrogen-bond acceptors (Lipinski definition) is 2. The van der Waals surface area contributed by atoms with Crippen molar-refractivity contribution in [3.8, 4) is 5.75 Å². The Morgan fingerprint density at radius 3 is 2.88 bits per heavy atom. The van der Waals surface area contributed by atoms with E-state index in [2.05, 4.69) is 17.4 Å². The highest BCUT2D eigenvalue weighted by molar-refractivity contribution is 6.31. The van der Waals surface area contributed by atoms with Crippen LogP contribution in [0.5, 0.6) is 5.75 Å². The van der Waals surface area contributed by atoms with E-state index in [1.165, 1.54) is 18.4 Å². The van der Waals surface area contributed by atoms with Crippen LogP contribution in [0.15, 0.2) is 12.1 Å². The zero-order chi connectivity index (χ0) is 11.5. The number of hydrogen-bond donors (Lipinski definition) is 1. The van der Waals surface area contributed by atoms with Crippen molar-refractivity contribution in [1.29, 1.82) is 0 Å². The van der Waals surface area contributed by atoms with Crippen LogP contribution in [0.4, 0.5) is 0 Å². The Morgan fingerprint density at radius 1 is 1.44 bits per heavy atom. The van der Waals surface area contributed by atoms with Gasteiger partial charge in [0.05, 0.1) is 7.11 Å². The first-order chi connectivity index (χ1) is 7.72. The van der Waals surface area contributed by atoms with E-state index in [0.717, 1.165) is 29.4 Å². The van der Waals surface area contributed by atoms with Crippen LogP contribution in [0.2, 0.25) is 5.02 Å². The first-order valence-electron chi connectivity index (χ1n) is 5.77. The highest BCUT2D eigenvalue weighted by Gasteiger charge is 2.17. The van der Waals surface area contributed by atoms with Crippen LogP contribution in [0, 0.1) is 6.92 Å². The molecule has 0 bridgehead atoms. The zero-order valence-corrected chi connectivity index (χ0v) is 10.6. The molecule has 0 saturated carbocycles. The number of piperidine rings is 1. The van der Waals surface area contributed by atoms with Gasteiger partial charge in [0.15, 0.2) is 0 Å². The molecule has 3 heteroatoms. The molecule has 0 amide bonds. The molecule has 0 spiro atoms. The van der Waals surface area contributed by atoms with Crippen LogP contribution in [0.25, 0.3) is 0 Å². The van der Waals surface area contributed by atoms with Crippen molar-refractivity contribution in [1.82, 2.24) is 5.32 Å². The summed E-state index contributed by atoms with van der Waals surface area (Å²) in [5.41, 5.74) is 2.32. The first kappa shape index (κ1) is 11.7. The SMILES string of the molecule is COc1cc(C2CCCNC2)cc(Cl)c1C. The zero-order valence-electron chi connectivity index (χ0n) is 9.85. The molecule has 1 aromatic carbocycles. The van der Waals surface area contributed by atoms with Gasteiger partial charge in [0.2, 0.25) is 0 Å². The van der Waals surface area contributed by atoms with Gasteiger partial charge < -0.3 is 10.1 Å². The molecule has 0 radical (unpaired) electrons. The average molecular weight is 240 g/mol. The summed E-state index contributed by atoms with van der Waals surface area (Å²) in [6, 6.07) is 4.20. The standard InChI is InChI=1S/C13H18ClNO/c1-9-12(14)6-11(7-13(9)16-2)10-4-3-5-15-8-10/h6-7,10,15H,3-5,8H2,1-2H3. The Kier molecular flexibility index (Phi) is 3.72. The maximum Gasteiger partial charge on any atom is 0.123 e. The number of halogens is 1. The highest BCUT2D eigenvalue weighted by atomic mass is 35.5. The molecule has 1 unspecified atom stereocenters. The van der Waals surface area contributed by atoms with Crippen LogP contribution >= 0.6 is 11.6 Å². The Balaban J connectivity index is 2.29. The molecule has 1 N–H and O–H groups in total. The minimum atomic E-state index is 0.570. The second-order valence-corrected chi connectivity index (χ2v) is 4.78. The highest BCUT2D eigenvalue weighted by Crippen LogP contribution is 2.33. The minimum Gasteiger partial charge on any atom is -0.496 e. The summed E-state index contributed by atoms with van der Waals surface area (Å²) < 4.78 is 5.35. The molecule has 88 valence electrons. The number of methoxy groups -OCH3 is 1.